The third kappa shape index (κ3) is 0.572. The van der Waals surface area contributed by atoms with Gasteiger partial charge in [0.05, 0.1) is 5.57 Å². The van der Waals surface area contributed by atoms with Crippen LogP contribution in [0.2, 0.25) is 0 Å². The molecule has 0 fully saturated rings. The van der Waals surface area contributed by atoms with Crippen LogP contribution in [0.15, 0.2) is 23.5 Å². The van der Waals surface area contributed by atoms with E-state index in [-0.39, 0.29) is 6.10 Å². The molecule has 0 amide bonds. The molecule has 0 saturated heterocycles. The van der Waals surface area contributed by atoms with Crippen LogP contribution >= 0.6 is 0 Å². The van der Waals surface area contributed by atoms with Crippen molar-refractivity contribution in [1.82, 2.24) is 0 Å². The fourth-order valence-electron chi connectivity index (χ4n) is 1.21. The van der Waals surface area contributed by atoms with Crippen molar-refractivity contribution in [3.05, 3.63) is 23.5 Å². The monoisotopic (exact) mass is 138 g/mol. The first-order valence-electron chi connectivity index (χ1n) is 3.08. The number of rotatable bonds is 1. The second kappa shape index (κ2) is 1.62. The van der Waals surface area contributed by atoms with Gasteiger partial charge >= 0.3 is 5.97 Å². The lowest BCUT2D eigenvalue weighted by atomic mass is 10.1. The van der Waals surface area contributed by atoms with Crippen LogP contribution in [-0.2, 0) is 9.53 Å². The van der Waals surface area contributed by atoms with Gasteiger partial charge in [-0.05, 0) is 12.2 Å². The molecule has 3 nitrogen and oxygen atoms in total. The highest BCUT2D eigenvalue weighted by Crippen LogP contribution is 2.32. The van der Waals surface area contributed by atoms with Crippen LogP contribution in [0, 0.1) is 0 Å². The molecular weight excluding hydrogens is 132 g/mol. The van der Waals surface area contributed by atoms with Crippen LogP contribution in [0.25, 0.3) is 0 Å². The maximum absolute atomic E-state index is 10.4. The van der Waals surface area contributed by atoms with E-state index < -0.39 is 5.97 Å². The van der Waals surface area contributed by atoms with Crippen molar-refractivity contribution in [3.8, 4) is 0 Å². The van der Waals surface area contributed by atoms with Crippen LogP contribution in [0.5, 0.6) is 0 Å². The lowest BCUT2D eigenvalue weighted by Crippen LogP contribution is -2.04. The molecule has 1 unspecified atom stereocenters. The van der Waals surface area contributed by atoms with Gasteiger partial charge in [-0.15, -0.1) is 0 Å². The predicted octanol–water partition coefficient (Wildman–Crippen LogP) is 0.684. The van der Waals surface area contributed by atoms with Gasteiger partial charge in [-0.3, -0.25) is 0 Å². The highest BCUT2D eigenvalue weighted by atomic mass is 16.5. The van der Waals surface area contributed by atoms with E-state index in [1.165, 1.54) is 0 Å². The molecule has 2 bridgehead atoms. The summed E-state index contributed by atoms with van der Waals surface area (Å²) in [6.07, 6.45) is 4.13. The summed E-state index contributed by atoms with van der Waals surface area (Å²) in [5.74, 6) is -0.320. The zero-order valence-corrected chi connectivity index (χ0v) is 5.20. The SMILES string of the molecule is O=C(O)C1=C2C=CC(C1)O2. The fourth-order valence-corrected chi connectivity index (χ4v) is 1.21. The second-order valence-corrected chi connectivity index (χ2v) is 2.37. The number of allylic oxidation sites excluding steroid dienone is 1. The Labute approximate surface area is 57.6 Å². The first-order valence-corrected chi connectivity index (χ1v) is 3.08. The molecule has 0 aromatic carbocycles. The number of hydrogen-bond donors (Lipinski definition) is 1. The Hall–Kier alpha value is -1.25. The van der Waals surface area contributed by atoms with Gasteiger partial charge < -0.3 is 9.84 Å². The minimum Gasteiger partial charge on any atom is -0.485 e. The van der Waals surface area contributed by atoms with Crippen molar-refractivity contribution in [2.75, 3.05) is 0 Å². The third-order valence-corrected chi connectivity index (χ3v) is 1.70. The average Bonchev–Trinajstić information content (AvgIpc) is 2.44. The minimum absolute atomic E-state index is 0.00102. The van der Waals surface area contributed by atoms with E-state index in [0.29, 0.717) is 17.8 Å². The Morgan fingerprint density at radius 1 is 1.80 bits per heavy atom. The molecule has 0 spiro atoms. The van der Waals surface area contributed by atoms with Gasteiger partial charge in [-0.1, -0.05) is 0 Å². The van der Waals surface area contributed by atoms with E-state index in [9.17, 15) is 4.79 Å². The average molecular weight is 138 g/mol. The van der Waals surface area contributed by atoms with Gasteiger partial charge in [0.25, 0.3) is 0 Å². The van der Waals surface area contributed by atoms with Crippen molar-refractivity contribution < 1.29 is 14.6 Å². The van der Waals surface area contributed by atoms with Crippen molar-refractivity contribution in [1.29, 1.82) is 0 Å². The standard InChI is InChI=1S/C7H6O3/c8-7(9)5-3-4-1-2-6(5)10-4/h1-2,4H,3H2,(H,8,9). The van der Waals surface area contributed by atoms with E-state index in [1.807, 2.05) is 6.08 Å². The topological polar surface area (TPSA) is 46.5 Å². The van der Waals surface area contributed by atoms with Crippen molar-refractivity contribution >= 4 is 5.97 Å². The van der Waals surface area contributed by atoms with E-state index >= 15 is 0 Å². The zero-order chi connectivity index (χ0) is 7.14. The molecule has 0 aromatic heterocycles. The summed E-state index contributed by atoms with van der Waals surface area (Å²) in [6.45, 7) is 0. The predicted molar refractivity (Wildman–Crippen MR) is 33.3 cm³/mol. The van der Waals surface area contributed by atoms with Crippen molar-refractivity contribution in [2.24, 2.45) is 0 Å². The number of fused-ring (bicyclic) bond motifs is 2. The molecule has 0 saturated carbocycles. The lowest BCUT2D eigenvalue weighted by Gasteiger charge is -1.97. The van der Waals surface area contributed by atoms with E-state index in [4.69, 9.17) is 9.84 Å². The number of ether oxygens (including phenoxy) is 1. The summed E-state index contributed by atoms with van der Waals surface area (Å²) in [5, 5.41) is 8.56. The fraction of sp³-hybridized carbons (Fsp3) is 0.286. The number of aliphatic carboxylic acids is 1. The van der Waals surface area contributed by atoms with Crippen LogP contribution in [-0.4, -0.2) is 17.2 Å². The summed E-state index contributed by atoms with van der Waals surface area (Å²) in [5.41, 5.74) is 0.410. The summed E-state index contributed by atoms with van der Waals surface area (Å²) >= 11 is 0. The van der Waals surface area contributed by atoms with E-state index in [2.05, 4.69) is 0 Å². The molecule has 1 N–H and O–H groups in total. The lowest BCUT2D eigenvalue weighted by molar-refractivity contribution is -0.132. The summed E-state index contributed by atoms with van der Waals surface area (Å²) in [7, 11) is 0. The Morgan fingerprint density at radius 2 is 2.60 bits per heavy atom. The Balaban J connectivity index is 2.39. The first kappa shape index (κ1) is 5.53. The molecule has 0 radical (unpaired) electrons. The Bertz CT molecular complexity index is 250. The number of carboxylic acid groups (broad SMARTS) is 1. The summed E-state index contributed by atoms with van der Waals surface area (Å²) in [6, 6.07) is 0. The maximum Gasteiger partial charge on any atom is 0.335 e. The Kier molecular flexibility index (Phi) is 0.897. The van der Waals surface area contributed by atoms with Crippen LogP contribution in [0.4, 0.5) is 0 Å². The van der Waals surface area contributed by atoms with Crippen LogP contribution < -0.4 is 0 Å². The summed E-state index contributed by atoms with van der Waals surface area (Å²) in [4.78, 5) is 10.4. The third-order valence-electron chi connectivity index (χ3n) is 1.70. The van der Waals surface area contributed by atoms with Crippen LogP contribution in [0.3, 0.4) is 0 Å². The van der Waals surface area contributed by atoms with E-state index in [1.54, 1.807) is 6.08 Å². The molecule has 2 aliphatic heterocycles. The van der Waals surface area contributed by atoms with Crippen molar-refractivity contribution in [3.63, 3.8) is 0 Å². The number of carbonyl (C=O) groups is 1. The van der Waals surface area contributed by atoms with Gasteiger partial charge in [0, 0.05) is 6.42 Å². The zero-order valence-electron chi connectivity index (χ0n) is 5.20. The first-order chi connectivity index (χ1) is 4.77. The maximum atomic E-state index is 10.4. The minimum atomic E-state index is -0.859. The molecule has 2 heterocycles. The highest BCUT2D eigenvalue weighted by Gasteiger charge is 2.30. The molecule has 2 aliphatic rings. The molecular formula is C7H6O3. The largest absolute Gasteiger partial charge is 0.485 e. The quantitative estimate of drug-likeness (QED) is 0.579. The van der Waals surface area contributed by atoms with E-state index in [0.717, 1.165) is 0 Å². The normalized spacial score (nSPS) is 27.4. The molecule has 0 aliphatic carbocycles. The van der Waals surface area contributed by atoms with Gasteiger partial charge in [0.15, 0.2) is 0 Å². The molecule has 1 atom stereocenters. The second-order valence-electron chi connectivity index (χ2n) is 2.37. The molecule has 10 heavy (non-hydrogen) atoms. The number of hydrogen-bond acceptors (Lipinski definition) is 2. The summed E-state index contributed by atoms with van der Waals surface area (Å²) < 4.78 is 5.13. The van der Waals surface area contributed by atoms with Crippen molar-refractivity contribution in [2.45, 2.75) is 12.5 Å². The highest BCUT2D eigenvalue weighted by molar-refractivity contribution is 5.88. The molecule has 52 valence electrons. The van der Waals surface area contributed by atoms with Crippen LogP contribution in [0.1, 0.15) is 6.42 Å². The smallest absolute Gasteiger partial charge is 0.335 e. The van der Waals surface area contributed by atoms with Gasteiger partial charge in [-0.25, -0.2) is 4.79 Å². The Morgan fingerprint density at radius 3 is 2.90 bits per heavy atom. The van der Waals surface area contributed by atoms with Gasteiger partial charge in [0.1, 0.15) is 11.9 Å². The molecule has 3 heteroatoms. The van der Waals surface area contributed by atoms with Gasteiger partial charge in [-0.2, -0.15) is 0 Å². The van der Waals surface area contributed by atoms with Gasteiger partial charge in [0.2, 0.25) is 0 Å². The molecule has 2 rings (SSSR count). The number of carboxylic acids is 1. The molecule has 0 aromatic rings.